The number of piperidine rings is 1. The average Bonchev–Trinajstić information content (AvgIpc) is 3.34. The number of nitrogens with zero attached hydrogens (tertiary/aromatic N) is 5. The summed E-state index contributed by atoms with van der Waals surface area (Å²) < 4.78 is 29.2. The average molecular weight is 517 g/mol. The molecule has 4 aromatic rings. The molecular weight excluding hydrogens is 490 g/mol. The molecule has 194 valence electrons. The topological polar surface area (TPSA) is 107 Å². The number of nitrogens with two attached hydrogens (primary N) is 1. The third-order valence-corrected chi connectivity index (χ3v) is 6.84. The zero-order chi connectivity index (χ0) is 26.8. The van der Waals surface area contributed by atoms with Gasteiger partial charge in [0.25, 0.3) is 0 Å². The number of ketones is 1. The molecule has 2 N–H and O–H groups in total. The van der Waals surface area contributed by atoms with E-state index in [9.17, 15) is 18.4 Å². The van der Waals surface area contributed by atoms with Crippen LogP contribution in [-0.4, -0.2) is 49.4 Å². The number of hydrogen-bond donors (Lipinski definition) is 1. The number of amides is 1. The van der Waals surface area contributed by atoms with E-state index in [4.69, 9.17) is 10.8 Å². The van der Waals surface area contributed by atoms with Crippen LogP contribution in [0, 0.1) is 11.6 Å². The maximum absolute atomic E-state index is 13.9. The first kappa shape index (κ1) is 25.2. The van der Waals surface area contributed by atoms with Crippen molar-refractivity contribution in [3.63, 3.8) is 0 Å². The number of fused-ring (bicyclic) bond motifs is 1. The Morgan fingerprint density at radius 3 is 2.68 bits per heavy atom. The largest absolute Gasteiger partial charge is 0.383 e. The van der Waals surface area contributed by atoms with Gasteiger partial charge in [-0.2, -0.15) is 5.10 Å². The fourth-order valence-electron chi connectivity index (χ4n) is 4.87. The van der Waals surface area contributed by atoms with E-state index in [2.05, 4.69) is 16.5 Å². The van der Waals surface area contributed by atoms with Crippen LogP contribution >= 0.6 is 0 Å². The van der Waals surface area contributed by atoms with Crippen LogP contribution in [0.1, 0.15) is 41.2 Å². The first-order valence-electron chi connectivity index (χ1n) is 12.3. The number of rotatable bonds is 7. The van der Waals surface area contributed by atoms with Crippen LogP contribution in [0.2, 0.25) is 0 Å². The first-order chi connectivity index (χ1) is 18.4. The van der Waals surface area contributed by atoms with Crippen molar-refractivity contribution in [1.29, 1.82) is 0 Å². The predicted molar refractivity (Wildman–Crippen MR) is 139 cm³/mol. The fourth-order valence-corrected chi connectivity index (χ4v) is 4.87. The molecule has 0 bridgehead atoms. The van der Waals surface area contributed by atoms with Crippen LogP contribution in [0.3, 0.4) is 0 Å². The lowest BCUT2D eigenvalue weighted by atomic mass is 10.0. The Morgan fingerprint density at radius 2 is 1.92 bits per heavy atom. The van der Waals surface area contributed by atoms with Crippen LogP contribution in [0.4, 0.5) is 14.6 Å². The quantitative estimate of drug-likeness (QED) is 0.286. The molecule has 1 atom stereocenters. The van der Waals surface area contributed by atoms with Gasteiger partial charge in [-0.25, -0.2) is 23.4 Å². The molecular formula is C28H26F2N6O2. The first-order valence-corrected chi connectivity index (χ1v) is 12.3. The van der Waals surface area contributed by atoms with E-state index in [0.29, 0.717) is 42.1 Å². The van der Waals surface area contributed by atoms with E-state index in [1.54, 1.807) is 4.90 Å². The second-order valence-electron chi connectivity index (χ2n) is 9.28. The monoisotopic (exact) mass is 516 g/mol. The number of likely N-dealkylation sites (tertiary alicyclic amines) is 1. The fraction of sp³-hybridized carbons (Fsp3) is 0.250. The van der Waals surface area contributed by atoms with Crippen molar-refractivity contribution in [3.05, 3.63) is 84.2 Å². The van der Waals surface area contributed by atoms with Gasteiger partial charge >= 0.3 is 0 Å². The second kappa shape index (κ2) is 10.5. The van der Waals surface area contributed by atoms with Gasteiger partial charge in [-0.15, -0.1) is 0 Å². The van der Waals surface area contributed by atoms with Gasteiger partial charge in [-0.3, -0.25) is 9.59 Å². The standard InChI is InChI=1S/C28H26F2N6O2/c1-2-24(38)35-13-3-4-20(15-35)36-28-25(27(31)32-16-33-28)26(34-36)18-8-5-17(6-9-18)7-12-23(37)21-14-19(29)10-11-22(21)30/h2,5-6,8-11,14,16,20H,1,3-4,7,12-13,15H2,(H2,31,32,33). The Morgan fingerprint density at radius 1 is 1.13 bits per heavy atom. The Bertz CT molecular complexity index is 1530. The van der Waals surface area contributed by atoms with Crippen LogP contribution < -0.4 is 5.73 Å². The molecule has 2 aromatic carbocycles. The normalized spacial score (nSPS) is 15.5. The van der Waals surface area contributed by atoms with E-state index in [1.165, 1.54) is 12.4 Å². The van der Waals surface area contributed by atoms with Crippen molar-refractivity contribution >= 4 is 28.5 Å². The highest BCUT2D eigenvalue weighted by molar-refractivity contribution is 5.98. The summed E-state index contributed by atoms with van der Waals surface area (Å²) in [5, 5.41) is 5.49. The van der Waals surface area contributed by atoms with Crippen molar-refractivity contribution in [2.75, 3.05) is 18.8 Å². The third-order valence-electron chi connectivity index (χ3n) is 6.84. The summed E-state index contributed by atoms with van der Waals surface area (Å²) in [5.74, 6) is -1.66. The molecule has 2 aromatic heterocycles. The van der Waals surface area contributed by atoms with Gasteiger partial charge in [0, 0.05) is 25.1 Å². The number of nitrogen functional groups attached to an aromatic ring is 1. The van der Waals surface area contributed by atoms with Crippen LogP contribution in [0.5, 0.6) is 0 Å². The minimum absolute atomic E-state index is 0.0413. The van der Waals surface area contributed by atoms with Crippen LogP contribution in [-0.2, 0) is 11.2 Å². The summed E-state index contributed by atoms with van der Waals surface area (Å²) in [5.41, 5.74) is 8.86. The molecule has 1 unspecified atom stereocenters. The van der Waals surface area contributed by atoms with Crippen molar-refractivity contribution in [1.82, 2.24) is 24.6 Å². The van der Waals surface area contributed by atoms with Crippen molar-refractivity contribution < 1.29 is 18.4 Å². The summed E-state index contributed by atoms with van der Waals surface area (Å²) in [6.07, 6.45) is 4.79. The van der Waals surface area contributed by atoms with E-state index < -0.39 is 17.4 Å². The third kappa shape index (κ3) is 4.89. The summed E-state index contributed by atoms with van der Waals surface area (Å²) >= 11 is 0. The Hall–Kier alpha value is -4.47. The summed E-state index contributed by atoms with van der Waals surface area (Å²) in [7, 11) is 0. The van der Waals surface area contributed by atoms with Gasteiger partial charge in [-0.05, 0) is 49.1 Å². The smallest absolute Gasteiger partial charge is 0.246 e. The SMILES string of the molecule is C=CC(=O)N1CCCC(n2nc(-c3ccc(CCC(=O)c4cc(F)ccc4F)cc3)c3c(N)ncnc32)C1. The number of hydrogen-bond acceptors (Lipinski definition) is 6. The number of halogens is 2. The lowest BCUT2D eigenvalue weighted by Gasteiger charge is -2.32. The number of anilines is 1. The molecule has 38 heavy (non-hydrogen) atoms. The van der Waals surface area contributed by atoms with E-state index in [0.717, 1.165) is 42.2 Å². The summed E-state index contributed by atoms with van der Waals surface area (Å²) in [4.78, 5) is 35.0. The Kier molecular flexibility index (Phi) is 6.95. The number of Topliss-reactive ketones (excluding diaryl/α,β-unsaturated/α-hetero) is 1. The molecule has 0 radical (unpaired) electrons. The molecule has 0 spiro atoms. The zero-order valence-corrected chi connectivity index (χ0v) is 20.6. The molecule has 8 nitrogen and oxygen atoms in total. The molecule has 10 heteroatoms. The molecule has 0 aliphatic carbocycles. The van der Waals surface area contributed by atoms with Crippen molar-refractivity contribution in [2.45, 2.75) is 31.7 Å². The van der Waals surface area contributed by atoms with E-state index in [1.807, 2.05) is 28.9 Å². The van der Waals surface area contributed by atoms with Gasteiger partial charge in [0.2, 0.25) is 5.91 Å². The molecule has 1 amide bonds. The number of aromatic nitrogens is 4. The molecule has 1 saturated heterocycles. The van der Waals surface area contributed by atoms with E-state index in [-0.39, 0.29) is 23.9 Å². The van der Waals surface area contributed by atoms with E-state index >= 15 is 0 Å². The lowest BCUT2D eigenvalue weighted by molar-refractivity contribution is -0.127. The lowest BCUT2D eigenvalue weighted by Crippen LogP contribution is -2.40. The summed E-state index contributed by atoms with van der Waals surface area (Å²) in [6, 6.07) is 10.3. The minimum atomic E-state index is -0.732. The number of carbonyl (C=O) groups is 2. The highest BCUT2D eigenvalue weighted by Crippen LogP contribution is 2.34. The van der Waals surface area contributed by atoms with Crippen LogP contribution in [0.25, 0.3) is 22.3 Å². The molecule has 5 rings (SSSR count). The molecule has 1 fully saturated rings. The van der Waals surface area contributed by atoms with Gasteiger partial charge in [-0.1, -0.05) is 30.8 Å². The van der Waals surface area contributed by atoms with Gasteiger partial charge in [0.1, 0.15) is 29.5 Å². The second-order valence-corrected chi connectivity index (χ2v) is 9.28. The van der Waals surface area contributed by atoms with Gasteiger partial charge in [0.15, 0.2) is 11.4 Å². The molecule has 0 saturated carbocycles. The predicted octanol–water partition coefficient (Wildman–Crippen LogP) is 4.52. The number of aryl methyl sites for hydroxylation is 1. The summed E-state index contributed by atoms with van der Waals surface area (Å²) in [6.45, 7) is 4.75. The molecule has 3 heterocycles. The minimum Gasteiger partial charge on any atom is -0.383 e. The highest BCUT2D eigenvalue weighted by atomic mass is 19.1. The maximum Gasteiger partial charge on any atom is 0.246 e. The number of benzene rings is 2. The van der Waals surface area contributed by atoms with Gasteiger partial charge < -0.3 is 10.6 Å². The zero-order valence-electron chi connectivity index (χ0n) is 20.6. The molecule has 1 aliphatic heterocycles. The van der Waals surface area contributed by atoms with Crippen molar-refractivity contribution in [3.8, 4) is 11.3 Å². The Balaban J connectivity index is 1.39. The highest BCUT2D eigenvalue weighted by Gasteiger charge is 2.28. The van der Waals surface area contributed by atoms with Crippen molar-refractivity contribution in [2.24, 2.45) is 0 Å². The number of carbonyl (C=O) groups excluding carboxylic acids is 2. The van der Waals surface area contributed by atoms with Gasteiger partial charge in [0.05, 0.1) is 17.0 Å². The Labute approximate surface area is 217 Å². The molecule has 1 aliphatic rings. The maximum atomic E-state index is 13.9. The van der Waals surface area contributed by atoms with Crippen LogP contribution in [0.15, 0.2) is 61.4 Å².